The molecule has 0 bridgehead atoms. The SMILES string of the molecule is CCCC(N)c1cn(Cc2ccn(C)n2)nn1. The van der Waals surface area contributed by atoms with Gasteiger partial charge in [0.1, 0.15) is 0 Å². The Morgan fingerprint density at radius 2 is 2.29 bits per heavy atom. The van der Waals surface area contributed by atoms with Crippen LogP contribution >= 0.6 is 0 Å². The largest absolute Gasteiger partial charge is 0.323 e. The molecule has 0 aromatic carbocycles. The van der Waals surface area contributed by atoms with Gasteiger partial charge in [0.2, 0.25) is 0 Å². The van der Waals surface area contributed by atoms with Crippen LogP contribution in [0.1, 0.15) is 37.2 Å². The third kappa shape index (κ3) is 2.91. The van der Waals surface area contributed by atoms with Crippen molar-refractivity contribution in [3.63, 3.8) is 0 Å². The zero-order valence-corrected chi connectivity index (χ0v) is 10.2. The van der Waals surface area contributed by atoms with Crippen LogP contribution in [-0.2, 0) is 13.6 Å². The molecule has 17 heavy (non-hydrogen) atoms. The van der Waals surface area contributed by atoms with Gasteiger partial charge in [0, 0.05) is 13.2 Å². The van der Waals surface area contributed by atoms with Gasteiger partial charge < -0.3 is 5.73 Å². The Labute approximate surface area is 100 Å². The van der Waals surface area contributed by atoms with Crippen molar-refractivity contribution >= 4 is 0 Å². The number of rotatable bonds is 5. The molecular formula is C11H18N6. The first-order valence-corrected chi connectivity index (χ1v) is 5.83. The summed E-state index contributed by atoms with van der Waals surface area (Å²) in [7, 11) is 1.90. The summed E-state index contributed by atoms with van der Waals surface area (Å²) in [5, 5.41) is 12.4. The molecule has 6 nitrogen and oxygen atoms in total. The van der Waals surface area contributed by atoms with Crippen LogP contribution < -0.4 is 5.73 Å². The fourth-order valence-electron chi connectivity index (χ4n) is 1.73. The lowest BCUT2D eigenvalue weighted by atomic mass is 10.1. The van der Waals surface area contributed by atoms with Gasteiger partial charge in [-0.1, -0.05) is 18.6 Å². The molecule has 2 aromatic rings. The maximum absolute atomic E-state index is 5.98. The maximum atomic E-state index is 5.98. The first-order valence-electron chi connectivity index (χ1n) is 5.83. The molecule has 2 rings (SSSR count). The summed E-state index contributed by atoms with van der Waals surface area (Å²) in [5.74, 6) is 0. The van der Waals surface area contributed by atoms with Gasteiger partial charge in [-0.15, -0.1) is 5.10 Å². The second-order valence-electron chi connectivity index (χ2n) is 4.22. The van der Waals surface area contributed by atoms with Crippen molar-refractivity contribution in [2.24, 2.45) is 12.8 Å². The van der Waals surface area contributed by atoms with Crippen LogP contribution in [0.2, 0.25) is 0 Å². The van der Waals surface area contributed by atoms with E-state index in [0.717, 1.165) is 24.2 Å². The summed E-state index contributed by atoms with van der Waals surface area (Å²) in [4.78, 5) is 0. The van der Waals surface area contributed by atoms with Crippen molar-refractivity contribution in [3.05, 3.63) is 29.8 Å². The van der Waals surface area contributed by atoms with Crippen LogP contribution in [0.15, 0.2) is 18.5 Å². The molecule has 92 valence electrons. The summed E-state index contributed by atoms with van der Waals surface area (Å²) >= 11 is 0. The quantitative estimate of drug-likeness (QED) is 0.832. The minimum absolute atomic E-state index is 0.0162. The summed E-state index contributed by atoms with van der Waals surface area (Å²) in [6, 6.07) is 1.95. The Bertz CT molecular complexity index is 472. The molecule has 0 aliphatic rings. The third-order valence-corrected chi connectivity index (χ3v) is 2.63. The molecular weight excluding hydrogens is 216 g/mol. The molecule has 2 heterocycles. The van der Waals surface area contributed by atoms with E-state index in [1.54, 1.807) is 9.36 Å². The second kappa shape index (κ2) is 5.09. The lowest BCUT2D eigenvalue weighted by Gasteiger charge is -2.04. The molecule has 0 aliphatic carbocycles. The van der Waals surface area contributed by atoms with Crippen LogP contribution in [0.25, 0.3) is 0 Å². The van der Waals surface area contributed by atoms with Gasteiger partial charge >= 0.3 is 0 Å². The number of hydrogen-bond acceptors (Lipinski definition) is 4. The van der Waals surface area contributed by atoms with Crippen molar-refractivity contribution in [2.75, 3.05) is 0 Å². The van der Waals surface area contributed by atoms with Gasteiger partial charge in [-0.05, 0) is 12.5 Å². The van der Waals surface area contributed by atoms with Crippen molar-refractivity contribution in [2.45, 2.75) is 32.4 Å². The van der Waals surface area contributed by atoms with Crippen molar-refractivity contribution in [1.82, 2.24) is 24.8 Å². The molecule has 2 N–H and O–H groups in total. The first-order chi connectivity index (χ1) is 8.19. The summed E-state index contributed by atoms with van der Waals surface area (Å²) < 4.78 is 3.54. The fraction of sp³-hybridized carbons (Fsp3) is 0.545. The van der Waals surface area contributed by atoms with Gasteiger partial charge in [-0.2, -0.15) is 5.10 Å². The van der Waals surface area contributed by atoms with Gasteiger partial charge in [-0.25, -0.2) is 4.68 Å². The molecule has 2 aromatic heterocycles. The molecule has 0 saturated carbocycles. The van der Waals surface area contributed by atoms with Gasteiger partial charge in [0.05, 0.1) is 30.2 Å². The van der Waals surface area contributed by atoms with Crippen LogP contribution in [0, 0.1) is 0 Å². The average molecular weight is 234 g/mol. The van der Waals surface area contributed by atoms with E-state index in [1.165, 1.54) is 0 Å². The summed E-state index contributed by atoms with van der Waals surface area (Å²) in [5.41, 5.74) is 7.80. The van der Waals surface area contributed by atoms with E-state index in [0.29, 0.717) is 6.54 Å². The molecule has 1 unspecified atom stereocenters. The lowest BCUT2D eigenvalue weighted by Crippen LogP contribution is -2.10. The maximum Gasteiger partial charge on any atom is 0.0994 e. The molecule has 1 atom stereocenters. The number of nitrogens with two attached hydrogens (primary N) is 1. The number of hydrogen-bond donors (Lipinski definition) is 1. The Morgan fingerprint density at radius 3 is 2.94 bits per heavy atom. The Morgan fingerprint density at radius 1 is 1.47 bits per heavy atom. The standard InChI is InChI=1S/C11H18N6/c1-3-4-10(12)11-8-17(15-13-11)7-9-5-6-16(2)14-9/h5-6,8,10H,3-4,7,12H2,1-2H3. The molecule has 6 heteroatoms. The highest BCUT2D eigenvalue weighted by molar-refractivity contribution is 5.03. The predicted octanol–water partition coefficient (Wildman–Crippen LogP) is 0.860. The molecule has 0 amide bonds. The minimum Gasteiger partial charge on any atom is -0.323 e. The van der Waals surface area contributed by atoms with Gasteiger partial charge in [0.25, 0.3) is 0 Å². The molecule has 0 fully saturated rings. The molecule has 0 saturated heterocycles. The number of nitrogens with zero attached hydrogens (tertiary/aromatic N) is 5. The van der Waals surface area contributed by atoms with Crippen molar-refractivity contribution < 1.29 is 0 Å². The topological polar surface area (TPSA) is 74.5 Å². The zero-order chi connectivity index (χ0) is 12.3. The van der Waals surface area contributed by atoms with E-state index in [4.69, 9.17) is 5.73 Å². The first kappa shape index (κ1) is 11.8. The molecule has 0 radical (unpaired) electrons. The monoisotopic (exact) mass is 234 g/mol. The van der Waals surface area contributed by atoms with Gasteiger partial charge in [0.15, 0.2) is 0 Å². The Balaban J connectivity index is 2.03. The second-order valence-corrected chi connectivity index (χ2v) is 4.22. The summed E-state index contributed by atoms with van der Waals surface area (Å²) in [6.45, 7) is 2.74. The summed E-state index contributed by atoms with van der Waals surface area (Å²) in [6.07, 6.45) is 5.79. The minimum atomic E-state index is -0.0162. The van der Waals surface area contributed by atoms with Crippen molar-refractivity contribution in [3.8, 4) is 0 Å². The smallest absolute Gasteiger partial charge is 0.0994 e. The predicted molar refractivity (Wildman–Crippen MR) is 64.2 cm³/mol. The normalized spacial score (nSPS) is 12.9. The van der Waals surface area contributed by atoms with E-state index in [-0.39, 0.29) is 6.04 Å². The highest BCUT2D eigenvalue weighted by Crippen LogP contribution is 2.12. The van der Waals surface area contributed by atoms with E-state index >= 15 is 0 Å². The number of aromatic nitrogens is 5. The van der Waals surface area contributed by atoms with E-state index in [9.17, 15) is 0 Å². The molecule has 0 spiro atoms. The van der Waals surface area contributed by atoms with Crippen LogP contribution in [0.5, 0.6) is 0 Å². The van der Waals surface area contributed by atoms with Crippen LogP contribution in [0.4, 0.5) is 0 Å². The van der Waals surface area contributed by atoms with Gasteiger partial charge in [-0.3, -0.25) is 4.68 Å². The third-order valence-electron chi connectivity index (χ3n) is 2.63. The van der Waals surface area contributed by atoms with E-state index in [1.807, 2.05) is 25.5 Å². The van der Waals surface area contributed by atoms with Crippen LogP contribution in [-0.4, -0.2) is 24.8 Å². The zero-order valence-electron chi connectivity index (χ0n) is 10.2. The van der Waals surface area contributed by atoms with E-state index in [2.05, 4.69) is 22.3 Å². The highest BCUT2D eigenvalue weighted by Gasteiger charge is 2.10. The number of aryl methyl sites for hydroxylation is 1. The highest BCUT2D eigenvalue weighted by atomic mass is 15.4. The average Bonchev–Trinajstić information content (AvgIpc) is 2.89. The fourth-order valence-corrected chi connectivity index (χ4v) is 1.73. The lowest BCUT2D eigenvalue weighted by molar-refractivity contribution is 0.614. The Hall–Kier alpha value is -1.69. The van der Waals surface area contributed by atoms with E-state index < -0.39 is 0 Å². The van der Waals surface area contributed by atoms with Crippen LogP contribution in [0.3, 0.4) is 0 Å². The van der Waals surface area contributed by atoms with Crippen molar-refractivity contribution in [1.29, 1.82) is 0 Å². The molecule has 0 aliphatic heterocycles. The Kier molecular flexibility index (Phi) is 3.53.